The highest BCUT2D eigenvalue weighted by Crippen LogP contribution is 2.35. The molecule has 0 bridgehead atoms. The number of aryl methyl sites for hydroxylation is 3. The Morgan fingerprint density at radius 3 is 2.48 bits per heavy atom. The molecule has 40 heavy (non-hydrogen) atoms. The lowest BCUT2D eigenvalue weighted by atomic mass is 9.90. The lowest BCUT2D eigenvalue weighted by molar-refractivity contribution is 0.162. The maximum atomic E-state index is 10.5. The van der Waals surface area contributed by atoms with Crippen LogP contribution in [0.2, 0.25) is 0 Å². The topological polar surface area (TPSA) is 108 Å². The predicted molar refractivity (Wildman–Crippen MR) is 159 cm³/mol. The fourth-order valence-electron chi connectivity index (χ4n) is 5.81. The van der Waals surface area contributed by atoms with Crippen molar-refractivity contribution in [3.63, 3.8) is 0 Å². The molecule has 1 aromatic carbocycles. The van der Waals surface area contributed by atoms with E-state index in [1.165, 1.54) is 23.1 Å². The first kappa shape index (κ1) is 29.1. The van der Waals surface area contributed by atoms with Gasteiger partial charge < -0.3 is 14.0 Å². The van der Waals surface area contributed by atoms with Gasteiger partial charge in [0.05, 0.1) is 6.10 Å². The number of nitrogens with two attached hydrogens (primary N) is 1. The van der Waals surface area contributed by atoms with Crippen molar-refractivity contribution in [1.29, 1.82) is 0 Å². The highest BCUT2D eigenvalue weighted by Gasteiger charge is 2.25. The molecule has 0 amide bonds. The molecule has 3 aromatic rings. The molecule has 3 aliphatic rings. The van der Waals surface area contributed by atoms with Crippen LogP contribution in [0.1, 0.15) is 61.9 Å². The molecule has 2 aromatic heterocycles. The Kier molecular flexibility index (Phi) is 9.80. The Morgan fingerprint density at radius 2 is 1.75 bits per heavy atom. The summed E-state index contributed by atoms with van der Waals surface area (Å²) in [5.41, 5.74) is 5.81. The molecule has 4 heterocycles. The van der Waals surface area contributed by atoms with Gasteiger partial charge in [0.2, 0.25) is 0 Å². The van der Waals surface area contributed by atoms with Gasteiger partial charge in [-0.1, -0.05) is 60.9 Å². The van der Waals surface area contributed by atoms with Gasteiger partial charge in [-0.2, -0.15) is 8.42 Å². The lowest BCUT2D eigenvalue weighted by Gasteiger charge is -2.29. The van der Waals surface area contributed by atoms with Crippen molar-refractivity contribution >= 4 is 27.6 Å². The number of hydrogen-bond acceptors (Lipinski definition) is 7. The molecule has 0 atom stereocenters. The van der Waals surface area contributed by atoms with Crippen LogP contribution in [0.3, 0.4) is 0 Å². The van der Waals surface area contributed by atoms with Crippen LogP contribution < -0.4 is 5.14 Å². The monoisotopic (exact) mass is 584 g/mol. The number of aromatic nitrogens is 4. The number of hydrogen-bond donors (Lipinski definition) is 1. The van der Waals surface area contributed by atoms with E-state index in [4.69, 9.17) is 10.1 Å². The van der Waals surface area contributed by atoms with E-state index in [-0.39, 0.29) is 6.10 Å². The number of piperidine rings is 1. The second kappa shape index (κ2) is 13.5. The second-order valence-electron chi connectivity index (χ2n) is 10.7. The molecule has 2 aliphatic heterocycles. The fourth-order valence-corrected chi connectivity index (χ4v) is 7.32. The minimum absolute atomic E-state index is 0.168. The van der Waals surface area contributed by atoms with Gasteiger partial charge in [0.25, 0.3) is 0 Å². The molecule has 2 fully saturated rings. The lowest BCUT2D eigenvalue weighted by Crippen LogP contribution is -2.33. The average Bonchev–Trinajstić information content (AvgIpc) is 3.54. The Morgan fingerprint density at radius 1 is 1.00 bits per heavy atom. The highest BCUT2D eigenvalue weighted by atomic mass is 32.2. The number of benzene rings is 1. The molecule has 0 spiro atoms. The summed E-state index contributed by atoms with van der Waals surface area (Å²) < 4.78 is 30.0. The van der Waals surface area contributed by atoms with E-state index < -0.39 is 10.3 Å². The molecule has 9 nitrogen and oxygen atoms in total. The van der Waals surface area contributed by atoms with Crippen LogP contribution in [0, 0.1) is 0 Å². The van der Waals surface area contributed by atoms with Gasteiger partial charge in [0.1, 0.15) is 5.82 Å². The summed E-state index contributed by atoms with van der Waals surface area (Å²) in [7, 11) is -1.67. The van der Waals surface area contributed by atoms with E-state index in [1.807, 2.05) is 30.4 Å². The van der Waals surface area contributed by atoms with E-state index in [2.05, 4.69) is 60.7 Å². The summed E-state index contributed by atoms with van der Waals surface area (Å²) >= 11 is 1.85. The van der Waals surface area contributed by atoms with Crippen LogP contribution >= 0.6 is 11.8 Å². The number of imidazole rings is 2. The van der Waals surface area contributed by atoms with Crippen molar-refractivity contribution in [2.75, 3.05) is 25.4 Å². The van der Waals surface area contributed by atoms with Gasteiger partial charge in [0, 0.05) is 69.3 Å². The van der Waals surface area contributed by atoms with E-state index in [1.54, 1.807) is 5.57 Å². The predicted octanol–water partition coefficient (Wildman–Crippen LogP) is 4.40. The Balaban J connectivity index is 0.000000248. The Labute approximate surface area is 242 Å². The van der Waals surface area contributed by atoms with Crippen LogP contribution in [0.25, 0.3) is 5.57 Å². The Bertz CT molecular complexity index is 1400. The zero-order valence-electron chi connectivity index (χ0n) is 23.2. The third-order valence-corrected chi connectivity index (χ3v) is 9.48. The van der Waals surface area contributed by atoms with Crippen molar-refractivity contribution in [3.05, 3.63) is 71.6 Å². The maximum absolute atomic E-state index is 10.5. The maximum Gasteiger partial charge on any atom is 0.333 e. The van der Waals surface area contributed by atoms with E-state index >= 15 is 0 Å². The van der Waals surface area contributed by atoms with Crippen LogP contribution in [0.4, 0.5) is 0 Å². The van der Waals surface area contributed by atoms with Crippen molar-refractivity contribution in [2.45, 2.75) is 69.2 Å². The second-order valence-corrected chi connectivity index (χ2v) is 12.9. The zero-order valence-corrected chi connectivity index (χ0v) is 24.9. The first-order chi connectivity index (χ1) is 19.4. The van der Waals surface area contributed by atoms with Gasteiger partial charge in [-0.15, -0.1) is 0 Å². The van der Waals surface area contributed by atoms with Crippen molar-refractivity contribution in [2.24, 2.45) is 12.2 Å². The van der Waals surface area contributed by atoms with Crippen molar-refractivity contribution in [1.82, 2.24) is 24.0 Å². The van der Waals surface area contributed by atoms with E-state index in [0.29, 0.717) is 0 Å². The van der Waals surface area contributed by atoms with Crippen molar-refractivity contribution in [3.8, 4) is 0 Å². The molecule has 1 saturated carbocycles. The number of rotatable bonds is 6. The third-order valence-electron chi connectivity index (χ3n) is 7.90. The van der Waals surface area contributed by atoms with Crippen molar-refractivity contribution < 1.29 is 12.6 Å². The zero-order chi connectivity index (χ0) is 28.0. The number of fused-ring (bicyclic) bond motifs is 2. The first-order valence-corrected chi connectivity index (χ1v) is 16.7. The highest BCUT2D eigenvalue weighted by molar-refractivity contribution is 7.99. The summed E-state index contributed by atoms with van der Waals surface area (Å²) in [6, 6.07) is 8.91. The van der Waals surface area contributed by atoms with Gasteiger partial charge in [-0.25, -0.2) is 15.1 Å². The normalized spacial score (nSPS) is 18.4. The molecule has 1 aliphatic carbocycles. The molecule has 0 radical (unpaired) electrons. The number of thioether (sulfide) groups is 1. The molecule has 2 N–H and O–H groups in total. The molecule has 6 rings (SSSR count). The number of nitrogens with zero attached hydrogens (tertiary/aromatic N) is 5. The summed E-state index contributed by atoms with van der Waals surface area (Å²) in [5, 5.41) is 5.82. The Hall–Kier alpha value is -2.44. The first-order valence-electron chi connectivity index (χ1n) is 14.2. The molecule has 11 heteroatoms. The minimum atomic E-state index is -3.72. The molecular formula is C29H40N6O3S2. The summed E-state index contributed by atoms with van der Waals surface area (Å²) in [6.45, 7) is 4.39. The molecular weight excluding hydrogens is 544 g/mol. The largest absolute Gasteiger partial charge is 0.333 e. The van der Waals surface area contributed by atoms with Gasteiger partial charge in [-0.3, -0.25) is 4.18 Å². The van der Waals surface area contributed by atoms with Gasteiger partial charge >= 0.3 is 10.3 Å². The quantitative estimate of drug-likeness (QED) is 0.428. The van der Waals surface area contributed by atoms with E-state index in [9.17, 15) is 8.42 Å². The standard InChI is InChI=1S/C23H27N5S.C6H13NO3S/c1-26-14-9-25-23(26)29-17-16-27-11-6-19(7-12-27)21-20-5-3-2-4-18(20)8-13-28-15-10-24-22(21)28;7-11(8,9)10-6-4-2-1-3-5-6/h2-5,9-10,14-15H,6-8,11-13,16-17H2,1H3;6H,1-5H2,(H2,7,8,9). The fraction of sp³-hybridized carbons (Fsp3) is 0.517. The van der Waals surface area contributed by atoms with Crippen LogP contribution in [0.15, 0.2) is 59.8 Å². The molecule has 0 unspecified atom stereocenters. The average molecular weight is 585 g/mol. The van der Waals surface area contributed by atoms with Crippen LogP contribution in [0.5, 0.6) is 0 Å². The number of likely N-dealkylation sites (tertiary alicyclic amines) is 1. The summed E-state index contributed by atoms with van der Waals surface area (Å²) in [4.78, 5) is 11.8. The van der Waals surface area contributed by atoms with Gasteiger partial charge in [-0.05, 0) is 43.2 Å². The molecule has 216 valence electrons. The minimum Gasteiger partial charge on any atom is -0.331 e. The molecule has 1 saturated heterocycles. The van der Waals surface area contributed by atoms with Crippen LogP contribution in [-0.4, -0.2) is 63.9 Å². The third kappa shape index (κ3) is 7.64. The van der Waals surface area contributed by atoms with Crippen LogP contribution in [-0.2, 0) is 34.5 Å². The SMILES string of the molecule is Cn1ccnc1SCCN1CCC(=C2c3ccccc3CCn3ccnc32)CC1.NS(=O)(=O)OC1CCCCC1. The van der Waals surface area contributed by atoms with E-state index in [0.717, 1.165) is 87.9 Å². The summed E-state index contributed by atoms with van der Waals surface area (Å²) in [5.74, 6) is 2.24. The smallest absolute Gasteiger partial charge is 0.331 e. The summed E-state index contributed by atoms with van der Waals surface area (Å²) in [6.07, 6.45) is 16.0. The van der Waals surface area contributed by atoms with Gasteiger partial charge in [0.15, 0.2) is 5.16 Å².